The van der Waals surface area contributed by atoms with Gasteiger partial charge in [-0.25, -0.2) is 0 Å². The first kappa shape index (κ1) is 14.8. The molecular weight excluding hydrogens is 282 g/mol. The van der Waals surface area contributed by atoms with E-state index in [0.717, 1.165) is 24.6 Å². The number of benzene rings is 2. The van der Waals surface area contributed by atoms with Gasteiger partial charge in [-0.2, -0.15) is 0 Å². The van der Waals surface area contributed by atoms with Crippen molar-refractivity contribution in [3.05, 3.63) is 65.2 Å². The Morgan fingerprint density at radius 2 is 1.91 bits per heavy atom. The van der Waals surface area contributed by atoms with Gasteiger partial charge < -0.3 is 4.74 Å². The first-order valence-corrected chi connectivity index (χ1v) is 8.78. The van der Waals surface area contributed by atoms with Crippen LogP contribution in [0.3, 0.4) is 0 Å². The average molecular weight is 307 g/mol. The molecule has 0 N–H and O–H groups in total. The van der Waals surface area contributed by atoms with Crippen LogP contribution in [0.1, 0.15) is 29.5 Å². The normalized spacial score (nSPS) is 23.9. The highest BCUT2D eigenvalue weighted by molar-refractivity contribution is 5.43. The summed E-state index contributed by atoms with van der Waals surface area (Å²) < 4.78 is 5.63. The Balaban J connectivity index is 1.60. The lowest BCUT2D eigenvalue weighted by atomic mass is 9.75. The van der Waals surface area contributed by atoms with E-state index < -0.39 is 0 Å². The van der Waals surface area contributed by atoms with Gasteiger partial charge in [-0.3, -0.25) is 4.90 Å². The molecule has 2 aromatic carbocycles. The summed E-state index contributed by atoms with van der Waals surface area (Å²) in [7, 11) is 1.80. The summed E-state index contributed by atoms with van der Waals surface area (Å²) in [5, 5.41) is 0. The van der Waals surface area contributed by atoms with Gasteiger partial charge in [0.1, 0.15) is 5.75 Å². The molecule has 0 radical (unpaired) electrons. The van der Waals surface area contributed by atoms with Crippen LogP contribution in [0.25, 0.3) is 0 Å². The average Bonchev–Trinajstić information content (AvgIpc) is 2.61. The molecule has 1 aliphatic heterocycles. The quantitative estimate of drug-likeness (QED) is 0.847. The van der Waals surface area contributed by atoms with Crippen LogP contribution in [0.4, 0.5) is 0 Å². The summed E-state index contributed by atoms with van der Waals surface area (Å²) in [4.78, 5) is 2.71. The molecule has 2 nitrogen and oxygen atoms in total. The third kappa shape index (κ3) is 2.88. The number of hydrogen-bond donors (Lipinski definition) is 0. The Bertz CT molecular complexity index is 667. The van der Waals surface area contributed by atoms with E-state index in [9.17, 15) is 0 Å². The van der Waals surface area contributed by atoms with E-state index >= 15 is 0 Å². The molecule has 1 saturated heterocycles. The second kappa shape index (κ2) is 6.37. The molecule has 1 heterocycles. The summed E-state index contributed by atoms with van der Waals surface area (Å²) in [6.07, 6.45) is 5.04. The molecule has 120 valence electrons. The van der Waals surface area contributed by atoms with Crippen molar-refractivity contribution >= 4 is 0 Å². The number of fused-ring (bicyclic) bond motifs is 2. The van der Waals surface area contributed by atoms with Crippen LogP contribution in [-0.4, -0.2) is 24.6 Å². The zero-order valence-corrected chi connectivity index (χ0v) is 13.9. The molecule has 0 amide bonds. The Morgan fingerprint density at radius 3 is 2.74 bits per heavy atom. The van der Waals surface area contributed by atoms with Crippen LogP contribution in [0.5, 0.6) is 5.75 Å². The topological polar surface area (TPSA) is 12.5 Å². The fourth-order valence-corrected chi connectivity index (χ4v) is 4.48. The number of ether oxygens (including phenoxy) is 1. The molecule has 2 atom stereocenters. The smallest absolute Gasteiger partial charge is 0.122 e. The number of piperidine rings is 1. The van der Waals surface area contributed by atoms with Gasteiger partial charge in [-0.15, -0.1) is 0 Å². The number of hydrogen-bond acceptors (Lipinski definition) is 2. The van der Waals surface area contributed by atoms with Crippen molar-refractivity contribution in [2.45, 2.75) is 38.3 Å². The number of methoxy groups -OCH3 is 1. The van der Waals surface area contributed by atoms with E-state index in [-0.39, 0.29) is 0 Å². The minimum atomic E-state index is 0.660. The van der Waals surface area contributed by atoms with Crippen molar-refractivity contribution in [2.75, 3.05) is 13.7 Å². The maximum Gasteiger partial charge on any atom is 0.122 e. The zero-order chi connectivity index (χ0) is 15.6. The van der Waals surface area contributed by atoms with Gasteiger partial charge in [-0.1, -0.05) is 42.5 Å². The molecule has 1 aliphatic carbocycles. The number of likely N-dealkylation sites (tertiary alicyclic amines) is 1. The lowest BCUT2D eigenvalue weighted by Crippen LogP contribution is -2.48. The van der Waals surface area contributed by atoms with E-state index in [1.807, 2.05) is 0 Å². The van der Waals surface area contributed by atoms with E-state index in [1.54, 1.807) is 7.11 Å². The summed E-state index contributed by atoms with van der Waals surface area (Å²) >= 11 is 0. The van der Waals surface area contributed by atoms with Crippen LogP contribution in [-0.2, 0) is 19.4 Å². The van der Waals surface area contributed by atoms with Crippen molar-refractivity contribution < 1.29 is 4.74 Å². The first-order chi connectivity index (χ1) is 11.3. The minimum absolute atomic E-state index is 0.660. The highest BCUT2D eigenvalue weighted by atomic mass is 16.5. The third-order valence-electron chi connectivity index (χ3n) is 5.61. The van der Waals surface area contributed by atoms with Gasteiger partial charge in [0.2, 0.25) is 0 Å². The summed E-state index contributed by atoms with van der Waals surface area (Å²) in [6, 6.07) is 18.1. The molecule has 2 aliphatic rings. The van der Waals surface area contributed by atoms with Gasteiger partial charge in [-0.05, 0) is 60.9 Å². The van der Waals surface area contributed by atoms with Gasteiger partial charge >= 0.3 is 0 Å². The number of nitrogens with zero attached hydrogens (tertiary/aromatic N) is 1. The van der Waals surface area contributed by atoms with E-state index in [4.69, 9.17) is 4.74 Å². The van der Waals surface area contributed by atoms with Crippen LogP contribution in [0.2, 0.25) is 0 Å². The third-order valence-corrected chi connectivity index (χ3v) is 5.61. The lowest BCUT2D eigenvalue weighted by Gasteiger charge is -2.45. The standard InChI is InChI=1S/C21H25NO/c1-23-21-11-5-9-17-13-18-10-6-12-22(20(18)14-19(17)21)15-16-7-3-2-4-8-16/h2-5,7-9,11,18,20H,6,10,12-15H2,1H3/t18-,20-/m0/s1. The predicted octanol–water partition coefficient (Wildman–Crippen LogP) is 4.07. The van der Waals surface area contributed by atoms with E-state index in [1.165, 1.54) is 42.5 Å². The van der Waals surface area contributed by atoms with Gasteiger partial charge in [0.25, 0.3) is 0 Å². The fourth-order valence-electron chi connectivity index (χ4n) is 4.48. The second-order valence-corrected chi connectivity index (χ2v) is 6.93. The summed E-state index contributed by atoms with van der Waals surface area (Å²) in [5.74, 6) is 1.87. The summed E-state index contributed by atoms with van der Waals surface area (Å²) in [5.41, 5.74) is 4.38. The monoisotopic (exact) mass is 307 g/mol. The molecule has 0 unspecified atom stereocenters. The molecule has 0 spiro atoms. The highest BCUT2D eigenvalue weighted by Crippen LogP contribution is 2.38. The molecule has 0 bridgehead atoms. The highest BCUT2D eigenvalue weighted by Gasteiger charge is 2.36. The largest absolute Gasteiger partial charge is 0.496 e. The van der Waals surface area contributed by atoms with Gasteiger partial charge in [0.15, 0.2) is 0 Å². The van der Waals surface area contributed by atoms with Crippen LogP contribution in [0.15, 0.2) is 48.5 Å². The Morgan fingerprint density at radius 1 is 1.04 bits per heavy atom. The molecule has 0 aromatic heterocycles. The van der Waals surface area contributed by atoms with Crippen molar-refractivity contribution in [3.8, 4) is 5.75 Å². The van der Waals surface area contributed by atoms with Crippen LogP contribution in [0, 0.1) is 5.92 Å². The summed E-state index contributed by atoms with van der Waals surface area (Å²) in [6.45, 7) is 2.30. The molecule has 1 fully saturated rings. The maximum atomic E-state index is 5.63. The second-order valence-electron chi connectivity index (χ2n) is 6.93. The van der Waals surface area contributed by atoms with Crippen molar-refractivity contribution in [1.29, 1.82) is 0 Å². The molecule has 4 rings (SSSR count). The van der Waals surface area contributed by atoms with Crippen LogP contribution >= 0.6 is 0 Å². The van der Waals surface area contributed by atoms with Crippen molar-refractivity contribution in [2.24, 2.45) is 5.92 Å². The minimum Gasteiger partial charge on any atom is -0.496 e. The lowest BCUT2D eigenvalue weighted by molar-refractivity contribution is 0.0777. The molecular formula is C21H25NO. The van der Waals surface area contributed by atoms with Crippen LogP contribution < -0.4 is 4.74 Å². The maximum absolute atomic E-state index is 5.63. The Kier molecular flexibility index (Phi) is 4.09. The fraction of sp³-hybridized carbons (Fsp3) is 0.429. The Hall–Kier alpha value is -1.80. The Labute approximate surface area is 139 Å². The van der Waals surface area contributed by atoms with Gasteiger partial charge in [0.05, 0.1) is 7.11 Å². The molecule has 0 saturated carbocycles. The first-order valence-electron chi connectivity index (χ1n) is 8.78. The van der Waals surface area contributed by atoms with E-state index in [0.29, 0.717) is 6.04 Å². The molecule has 23 heavy (non-hydrogen) atoms. The number of rotatable bonds is 3. The SMILES string of the molecule is COc1cccc2c1C[C@H]1[C@@H](CCCN1Cc1ccccc1)C2. The van der Waals surface area contributed by atoms with E-state index in [2.05, 4.69) is 53.4 Å². The van der Waals surface area contributed by atoms with Crippen molar-refractivity contribution in [3.63, 3.8) is 0 Å². The predicted molar refractivity (Wildman–Crippen MR) is 93.8 cm³/mol. The zero-order valence-electron chi connectivity index (χ0n) is 13.9. The molecule has 2 heteroatoms. The molecule has 2 aromatic rings. The van der Waals surface area contributed by atoms with Gasteiger partial charge in [0, 0.05) is 12.6 Å². The van der Waals surface area contributed by atoms with Crippen molar-refractivity contribution in [1.82, 2.24) is 4.90 Å².